The molecule has 2 aromatic rings. The van der Waals surface area contributed by atoms with Crippen molar-refractivity contribution in [2.45, 2.75) is 24.9 Å². The highest BCUT2D eigenvalue weighted by molar-refractivity contribution is 8.00. The summed E-state index contributed by atoms with van der Waals surface area (Å²) in [5.74, 6) is -2.56. The van der Waals surface area contributed by atoms with Crippen molar-refractivity contribution >= 4 is 35.5 Å². The first-order valence-corrected chi connectivity index (χ1v) is 11.1. The second-order valence-corrected chi connectivity index (χ2v) is 8.51. The number of rotatable bonds is 8. The maximum Gasteiger partial charge on any atom is 0.352 e. The monoisotopic (exact) mass is 490 g/mol. The highest BCUT2D eigenvalue weighted by Crippen LogP contribution is 2.40. The number of carboxylic acids is 1. The van der Waals surface area contributed by atoms with Gasteiger partial charge < -0.3 is 24.3 Å². The average Bonchev–Trinajstić information content (AvgIpc) is 3.29. The van der Waals surface area contributed by atoms with Gasteiger partial charge in [-0.25, -0.2) is 9.18 Å². The Balaban J connectivity index is 1.37. The number of nitrogens with one attached hydrogen (secondary N) is 1. The molecule has 1 fully saturated rings. The molecule has 0 saturated carbocycles. The molecule has 12 heteroatoms. The molecule has 0 unspecified atom stereocenters. The van der Waals surface area contributed by atoms with Crippen LogP contribution in [0.4, 0.5) is 4.39 Å². The number of halogens is 1. The van der Waals surface area contributed by atoms with Gasteiger partial charge in [0.2, 0.25) is 0 Å². The highest BCUT2D eigenvalue weighted by atomic mass is 32.2. The summed E-state index contributed by atoms with van der Waals surface area (Å²) in [6.45, 7) is 0.979. The number of hydrogen-bond donors (Lipinski definition) is 2. The van der Waals surface area contributed by atoms with Crippen molar-refractivity contribution in [3.63, 3.8) is 0 Å². The van der Waals surface area contributed by atoms with Gasteiger partial charge in [0.05, 0.1) is 0 Å². The summed E-state index contributed by atoms with van der Waals surface area (Å²) >= 11 is 1.26. The lowest BCUT2D eigenvalue weighted by Crippen LogP contribution is -2.70. The molecule has 10 nitrogen and oxygen atoms in total. The molecule has 1 aromatic carbocycles. The molecule has 2 atom stereocenters. The lowest BCUT2D eigenvalue weighted by Gasteiger charge is -2.49. The number of thioether (sulfide) groups is 1. The minimum absolute atomic E-state index is 0.00536. The zero-order valence-corrected chi connectivity index (χ0v) is 18.6. The Bertz CT molecular complexity index is 1180. The van der Waals surface area contributed by atoms with E-state index < -0.39 is 41.0 Å². The molecule has 178 valence electrons. The van der Waals surface area contributed by atoms with Gasteiger partial charge in [-0.15, -0.1) is 11.8 Å². The van der Waals surface area contributed by atoms with Crippen molar-refractivity contribution in [1.29, 1.82) is 0 Å². The minimum Gasteiger partial charge on any atom is -0.486 e. The van der Waals surface area contributed by atoms with Gasteiger partial charge in [-0.05, 0) is 36.4 Å². The van der Waals surface area contributed by atoms with E-state index in [1.54, 1.807) is 0 Å². The normalized spacial score (nSPS) is 19.2. The number of amides is 2. The first kappa shape index (κ1) is 23.4. The fraction of sp³-hybridized carbons (Fsp3) is 0.273. The summed E-state index contributed by atoms with van der Waals surface area (Å²) in [6, 6.07) is 7.44. The Morgan fingerprint density at radius 2 is 1.94 bits per heavy atom. The van der Waals surface area contributed by atoms with Gasteiger partial charge in [-0.2, -0.15) is 0 Å². The van der Waals surface area contributed by atoms with E-state index in [0.29, 0.717) is 17.1 Å². The van der Waals surface area contributed by atoms with Crippen LogP contribution >= 0.6 is 11.8 Å². The molecule has 2 aliphatic rings. The molecule has 4 rings (SSSR count). The van der Waals surface area contributed by atoms with E-state index in [-0.39, 0.29) is 30.4 Å². The van der Waals surface area contributed by atoms with Crippen LogP contribution in [0.2, 0.25) is 0 Å². The van der Waals surface area contributed by atoms with Crippen LogP contribution in [0.25, 0.3) is 0 Å². The number of fused-ring (bicyclic) bond motifs is 1. The molecule has 0 bridgehead atoms. The Hall–Kier alpha value is -3.80. The summed E-state index contributed by atoms with van der Waals surface area (Å²) in [4.78, 5) is 49.2. The molecule has 2 N–H and O–H groups in total. The van der Waals surface area contributed by atoms with Crippen molar-refractivity contribution in [3.8, 4) is 5.75 Å². The predicted molar refractivity (Wildman–Crippen MR) is 115 cm³/mol. The van der Waals surface area contributed by atoms with Crippen molar-refractivity contribution < 1.29 is 42.6 Å². The van der Waals surface area contributed by atoms with E-state index in [9.17, 15) is 28.7 Å². The van der Waals surface area contributed by atoms with E-state index in [0.717, 1.165) is 4.90 Å². The van der Waals surface area contributed by atoms with Crippen molar-refractivity contribution in [3.05, 3.63) is 65.0 Å². The molecule has 0 spiro atoms. The molecule has 0 radical (unpaired) electrons. The Labute approximate surface area is 196 Å². The molecule has 1 saturated heterocycles. The van der Waals surface area contributed by atoms with E-state index in [4.69, 9.17) is 13.9 Å². The van der Waals surface area contributed by atoms with E-state index in [1.807, 2.05) is 0 Å². The number of esters is 1. The predicted octanol–water partition coefficient (Wildman–Crippen LogP) is 1.91. The van der Waals surface area contributed by atoms with Crippen LogP contribution in [0, 0.1) is 5.82 Å². The Morgan fingerprint density at radius 3 is 2.62 bits per heavy atom. The molecular formula is C22H19FN2O8S. The number of ether oxygens (including phenoxy) is 2. The first-order valence-electron chi connectivity index (χ1n) is 10.1. The molecule has 34 heavy (non-hydrogen) atoms. The summed E-state index contributed by atoms with van der Waals surface area (Å²) < 4.78 is 28.8. The SMILES string of the molecule is CC(=O)OCC1=C(C(=O)O)N2C(=O)[C@H](NC(=O)c3ccc(COc4ccc(F)cc4)o3)[C@@H]2SC1. The third-order valence-corrected chi connectivity index (χ3v) is 6.41. The fourth-order valence-electron chi connectivity index (χ4n) is 3.46. The summed E-state index contributed by atoms with van der Waals surface area (Å²) in [5.41, 5.74) is 0.0673. The van der Waals surface area contributed by atoms with Crippen LogP contribution in [-0.2, 0) is 25.7 Å². The second kappa shape index (κ2) is 9.59. The van der Waals surface area contributed by atoms with Crippen LogP contribution in [0.15, 0.2) is 52.1 Å². The van der Waals surface area contributed by atoms with Crippen molar-refractivity contribution in [2.75, 3.05) is 12.4 Å². The molecule has 2 aliphatic heterocycles. The molecule has 3 heterocycles. The largest absolute Gasteiger partial charge is 0.486 e. The third kappa shape index (κ3) is 4.76. The lowest BCUT2D eigenvalue weighted by molar-refractivity contribution is -0.149. The Morgan fingerprint density at radius 1 is 1.21 bits per heavy atom. The van der Waals surface area contributed by atoms with Crippen LogP contribution in [-0.4, -0.2) is 57.5 Å². The number of β-lactam (4-membered cyclic amide) rings is 1. The van der Waals surface area contributed by atoms with Crippen molar-refractivity contribution in [1.82, 2.24) is 10.2 Å². The topological polar surface area (TPSA) is 135 Å². The molecule has 2 amide bonds. The zero-order chi connectivity index (χ0) is 24.4. The van der Waals surface area contributed by atoms with E-state index >= 15 is 0 Å². The number of benzene rings is 1. The maximum absolute atomic E-state index is 13.0. The maximum atomic E-state index is 13.0. The smallest absolute Gasteiger partial charge is 0.352 e. The van der Waals surface area contributed by atoms with Gasteiger partial charge in [-0.1, -0.05) is 0 Å². The summed E-state index contributed by atoms with van der Waals surface area (Å²) in [6.07, 6.45) is 0. The van der Waals surface area contributed by atoms with Crippen LogP contribution < -0.4 is 10.1 Å². The number of carboxylic acid groups (broad SMARTS) is 1. The van der Waals surface area contributed by atoms with E-state index in [1.165, 1.54) is 55.1 Å². The van der Waals surface area contributed by atoms with Gasteiger partial charge >= 0.3 is 11.9 Å². The molecule has 0 aliphatic carbocycles. The zero-order valence-electron chi connectivity index (χ0n) is 17.8. The van der Waals surface area contributed by atoms with Crippen LogP contribution in [0.1, 0.15) is 23.2 Å². The number of carbonyl (C=O) groups is 4. The van der Waals surface area contributed by atoms with E-state index in [2.05, 4.69) is 5.32 Å². The Kier molecular flexibility index (Phi) is 6.59. The number of aliphatic carboxylic acids is 1. The van der Waals surface area contributed by atoms with Gasteiger partial charge in [-0.3, -0.25) is 19.3 Å². The van der Waals surface area contributed by atoms with Gasteiger partial charge in [0.1, 0.15) is 47.7 Å². The minimum atomic E-state index is -1.32. The first-order chi connectivity index (χ1) is 16.2. The van der Waals surface area contributed by atoms with Gasteiger partial charge in [0.15, 0.2) is 5.76 Å². The summed E-state index contributed by atoms with van der Waals surface area (Å²) in [7, 11) is 0. The molecular weight excluding hydrogens is 471 g/mol. The number of hydrogen-bond acceptors (Lipinski definition) is 8. The van der Waals surface area contributed by atoms with Gasteiger partial charge in [0.25, 0.3) is 11.8 Å². The van der Waals surface area contributed by atoms with Crippen LogP contribution in [0.3, 0.4) is 0 Å². The third-order valence-electron chi connectivity index (χ3n) is 5.07. The average molecular weight is 490 g/mol. The van der Waals surface area contributed by atoms with Crippen molar-refractivity contribution in [2.24, 2.45) is 0 Å². The summed E-state index contributed by atoms with van der Waals surface area (Å²) in [5, 5.41) is 11.5. The second-order valence-electron chi connectivity index (χ2n) is 7.41. The molecule has 1 aromatic heterocycles. The van der Waals surface area contributed by atoms with Crippen LogP contribution in [0.5, 0.6) is 5.75 Å². The quantitative estimate of drug-likeness (QED) is 0.420. The number of furan rings is 1. The standard InChI is InChI=1S/C22H19FN2O8S/c1-11(26)31-8-12-10-34-21-17(20(28)25(21)18(12)22(29)30)24-19(27)16-7-6-15(33-16)9-32-14-4-2-13(23)3-5-14/h2-7,17,21H,8-10H2,1H3,(H,24,27)(H,29,30)/t17-,21-/m0/s1. The fourth-order valence-corrected chi connectivity index (χ4v) is 4.79. The number of carbonyl (C=O) groups excluding carboxylic acids is 3. The number of nitrogens with zero attached hydrogens (tertiary/aromatic N) is 1. The van der Waals surface area contributed by atoms with Gasteiger partial charge in [0, 0.05) is 18.2 Å². The lowest BCUT2D eigenvalue weighted by atomic mass is 10.0. The highest BCUT2D eigenvalue weighted by Gasteiger charge is 2.54.